The van der Waals surface area contributed by atoms with E-state index in [0.29, 0.717) is 17.8 Å². The number of rotatable bonds is 6. The van der Waals surface area contributed by atoms with Crippen molar-refractivity contribution >= 4 is 10.8 Å². The molecule has 4 heteroatoms. The Morgan fingerprint density at radius 3 is 2.63 bits per heavy atom. The fraction of sp³-hybridized carbons (Fsp3) is 0.577. The molecule has 0 spiro atoms. The third-order valence-corrected chi connectivity index (χ3v) is 7.13. The van der Waals surface area contributed by atoms with Gasteiger partial charge in [-0.1, -0.05) is 31.1 Å². The third-order valence-electron chi connectivity index (χ3n) is 7.13. The second kappa shape index (κ2) is 9.36. The first kappa shape index (κ1) is 21.1. The number of benzene rings is 1. The lowest BCUT2D eigenvalue weighted by Crippen LogP contribution is -2.23. The van der Waals surface area contributed by atoms with Gasteiger partial charge in [0.1, 0.15) is 11.1 Å². The van der Waals surface area contributed by atoms with E-state index in [9.17, 15) is 9.18 Å². The molecular weight excluding hydrogens is 379 g/mol. The lowest BCUT2D eigenvalue weighted by Gasteiger charge is -2.34. The van der Waals surface area contributed by atoms with Crippen molar-refractivity contribution in [1.29, 1.82) is 0 Å². The van der Waals surface area contributed by atoms with Crippen LogP contribution in [0.3, 0.4) is 0 Å². The van der Waals surface area contributed by atoms with Gasteiger partial charge in [-0.2, -0.15) is 0 Å². The molecule has 2 aromatic rings. The van der Waals surface area contributed by atoms with Crippen molar-refractivity contribution in [2.75, 3.05) is 6.61 Å². The zero-order valence-electron chi connectivity index (χ0n) is 18.2. The molecule has 0 radical (unpaired) electrons. The minimum atomic E-state index is -0.603. The summed E-state index contributed by atoms with van der Waals surface area (Å²) in [5, 5.41) is 0.613. The summed E-state index contributed by atoms with van der Waals surface area (Å²) < 4.78 is 26.0. The normalized spacial score (nSPS) is 24.6. The highest BCUT2D eigenvalue weighted by molar-refractivity contribution is 5.83. The molecule has 1 saturated carbocycles. The maximum absolute atomic E-state index is 14.8. The molecule has 1 atom stereocenters. The Morgan fingerprint density at radius 2 is 1.93 bits per heavy atom. The maximum atomic E-state index is 14.8. The van der Waals surface area contributed by atoms with E-state index in [4.69, 9.17) is 9.15 Å². The van der Waals surface area contributed by atoms with Crippen molar-refractivity contribution in [3.63, 3.8) is 0 Å². The van der Waals surface area contributed by atoms with E-state index in [2.05, 4.69) is 19.9 Å². The summed E-state index contributed by atoms with van der Waals surface area (Å²) in [6, 6.07) is 5.28. The Hall–Kier alpha value is -2.10. The molecule has 1 unspecified atom stereocenters. The average molecular weight is 413 g/mol. The van der Waals surface area contributed by atoms with E-state index in [1.54, 1.807) is 12.1 Å². The van der Waals surface area contributed by atoms with Gasteiger partial charge in [0.25, 0.3) is 0 Å². The Bertz CT molecular complexity index is 966. The molecule has 162 valence electrons. The van der Waals surface area contributed by atoms with E-state index in [-0.39, 0.29) is 17.1 Å². The van der Waals surface area contributed by atoms with E-state index < -0.39 is 11.4 Å². The van der Waals surface area contributed by atoms with Gasteiger partial charge in [-0.25, -0.2) is 9.18 Å². The minimum absolute atomic E-state index is 0.00537. The predicted octanol–water partition coefficient (Wildman–Crippen LogP) is 7.13. The van der Waals surface area contributed by atoms with Gasteiger partial charge in [-0.15, -0.1) is 0 Å². The van der Waals surface area contributed by atoms with Crippen LogP contribution in [-0.4, -0.2) is 6.61 Å². The standard InChI is InChI=1S/C26H33FO3/c1-3-4-15-29-22-14-13-21-16-23(30-26(28)24(21)25(22)27)20-11-9-19(10-12-20)18-7-5-17(2)6-8-18/h5,13-14,16,18-20H,3-4,6-12,15H2,1-2H3. The summed E-state index contributed by atoms with van der Waals surface area (Å²) in [6.45, 7) is 4.73. The molecule has 0 aliphatic heterocycles. The number of halogens is 1. The zero-order chi connectivity index (χ0) is 21.1. The topological polar surface area (TPSA) is 39.4 Å². The summed E-state index contributed by atoms with van der Waals surface area (Å²) in [5.41, 5.74) is 0.944. The molecule has 30 heavy (non-hydrogen) atoms. The number of fused-ring (bicyclic) bond motifs is 1. The fourth-order valence-corrected chi connectivity index (χ4v) is 5.17. The molecule has 0 bridgehead atoms. The van der Waals surface area contributed by atoms with Crippen LogP contribution in [0.1, 0.15) is 83.3 Å². The SMILES string of the molecule is CCCCOc1ccc2cc(C3CCC(C4CC=C(C)CC4)CC3)oc(=O)c2c1F. The highest BCUT2D eigenvalue weighted by Gasteiger charge is 2.30. The van der Waals surface area contributed by atoms with Gasteiger partial charge in [0, 0.05) is 5.92 Å². The molecule has 0 amide bonds. The van der Waals surface area contributed by atoms with E-state index in [0.717, 1.165) is 37.5 Å². The number of allylic oxidation sites excluding steroid dienone is 2. The molecule has 1 aromatic carbocycles. The number of hydrogen-bond donors (Lipinski definition) is 0. The van der Waals surface area contributed by atoms with Crippen molar-refractivity contribution in [1.82, 2.24) is 0 Å². The van der Waals surface area contributed by atoms with Crippen molar-refractivity contribution in [3.8, 4) is 5.75 Å². The van der Waals surface area contributed by atoms with Crippen LogP contribution < -0.4 is 10.4 Å². The van der Waals surface area contributed by atoms with Crippen LogP contribution in [0, 0.1) is 17.7 Å². The Kier molecular flexibility index (Phi) is 6.60. The van der Waals surface area contributed by atoms with Gasteiger partial charge in [0.2, 0.25) is 0 Å². The summed E-state index contributed by atoms with van der Waals surface area (Å²) in [4.78, 5) is 12.6. The van der Waals surface area contributed by atoms with Gasteiger partial charge in [-0.3, -0.25) is 0 Å². The van der Waals surface area contributed by atoms with Gasteiger partial charge in [-0.05, 0) is 87.6 Å². The van der Waals surface area contributed by atoms with E-state index in [1.165, 1.54) is 37.7 Å². The van der Waals surface area contributed by atoms with Crippen LogP contribution in [-0.2, 0) is 0 Å². The van der Waals surface area contributed by atoms with Crippen LogP contribution in [0.15, 0.2) is 39.1 Å². The highest BCUT2D eigenvalue weighted by Crippen LogP contribution is 2.43. The molecule has 0 saturated heterocycles. The first-order valence-electron chi connectivity index (χ1n) is 11.6. The predicted molar refractivity (Wildman–Crippen MR) is 119 cm³/mol. The Balaban J connectivity index is 1.47. The summed E-state index contributed by atoms with van der Waals surface area (Å²) in [6.07, 6.45) is 12.4. The van der Waals surface area contributed by atoms with Crippen LogP contribution in [0.4, 0.5) is 4.39 Å². The highest BCUT2D eigenvalue weighted by atomic mass is 19.1. The van der Waals surface area contributed by atoms with Crippen LogP contribution in [0.2, 0.25) is 0 Å². The Morgan fingerprint density at radius 1 is 1.13 bits per heavy atom. The second-order valence-corrected chi connectivity index (χ2v) is 9.18. The summed E-state index contributed by atoms with van der Waals surface area (Å²) in [7, 11) is 0. The quantitative estimate of drug-likeness (QED) is 0.374. The van der Waals surface area contributed by atoms with Crippen LogP contribution in [0.5, 0.6) is 5.75 Å². The molecular formula is C26H33FO3. The van der Waals surface area contributed by atoms with Gasteiger partial charge in [0.05, 0.1) is 6.61 Å². The second-order valence-electron chi connectivity index (χ2n) is 9.18. The summed E-state index contributed by atoms with van der Waals surface area (Å²) in [5.74, 6) is 2.07. The average Bonchev–Trinajstić information content (AvgIpc) is 2.76. The molecule has 1 heterocycles. The van der Waals surface area contributed by atoms with Gasteiger partial charge >= 0.3 is 5.63 Å². The number of unbranched alkanes of at least 4 members (excludes halogenated alkanes) is 1. The van der Waals surface area contributed by atoms with Crippen molar-refractivity contribution < 1.29 is 13.5 Å². The van der Waals surface area contributed by atoms with Gasteiger partial charge in [0.15, 0.2) is 11.6 Å². The van der Waals surface area contributed by atoms with E-state index >= 15 is 0 Å². The van der Waals surface area contributed by atoms with Crippen LogP contribution in [0.25, 0.3) is 10.8 Å². The molecule has 3 nitrogen and oxygen atoms in total. The van der Waals surface area contributed by atoms with Crippen molar-refractivity contribution in [2.45, 2.75) is 77.6 Å². The molecule has 0 N–H and O–H groups in total. The van der Waals surface area contributed by atoms with Gasteiger partial charge < -0.3 is 9.15 Å². The molecule has 1 fully saturated rings. The zero-order valence-corrected chi connectivity index (χ0v) is 18.2. The molecule has 4 rings (SSSR count). The lowest BCUT2D eigenvalue weighted by molar-refractivity contribution is 0.207. The third kappa shape index (κ3) is 4.48. The van der Waals surface area contributed by atoms with Crippen molar-refractivity contribution in [3.05, 3.63) is 51.8 Å². The summed E-state index contributed by atoms with van der Waals surface area (Å²) >= 11 is 0. The first-order valence-corrected chi connectivity index (χ1v) is 11.6. The molecule has 2 aliphatic rings. The number of hydrogen-bond acceptors (Lipinski definition) is 3. The van der Waals surface area contributed by atoms with E-state index in [1.807, 2.05) is 6.07 Å². The van der Waals surface area contributed by atoms with Crippen LogP contribution >= 0.6 is 0 Å². The number of ether oxygens (including phenoxy) is 1. The maximum Gasteiger partial charge on any atom is 0.346 e. The minimum Gasteiger partial charge on any atom is -0.490 e. The largest absolute Gasteiger partial charge is 0.490 e. The first-order chi connectivity index (χ1) is 14.6. The Labute approximate surface area is 178 Å². The van der Waals surface area contributed by atoms with Crippen molar-refractivity contribution in [2.24, 2.45) is 11.8 Å². The fourth-order valence-electron chi connectivity index (χ4n) is 5.17. The molecule has 1 aromatic heterocycles. The molecule has 2 aliphatic carbocycles. The lowest BCUT2D eigenvalue weighted by atomic mass is 9.71. The monoisotopic (exact) mass is 412 g/mol. The smallest absolute Gasteiger partial charge is 0.346 e.